The van der Waals surface area contributed by atoms with Crippen molar-refractivity contribution in [1.29, 1.82) is 0 Å². The maximum absolute atomic E-state index is 12.3. The van der Waals surface area contributed by atoms with Crippen LogP contribution in [0.15, 0.2) is 41.4 Å². The Morgan fingerprint density at radius 1 is 1.12 bits per heavy atom. The van der Waals surface area contributed by atoms with Crippen LogP contribution in [0.2, 0.25) is 5.02 Å². The third-order valence-electron chi connectivity index (χ3n) is 5.29. The Morgan fingerprint density at radius 3 is 2.66 bits per heavy atom. The summed E-state index contributed by atoms with van der Waals surface area (Å²) < 4.78 is 0. The molecule has 32 heavy (non-hydrogen) atoms. The largest absolute Gasteiger partial charge is 0.356 e. The first-order valence-electron chi connectivity index (χ1n) is 11.1. The first-order chi connectivity index (χ1) is 15.5. The number of thioether (sulfide) groups is 1. The van der Waals surface area contributed by atoms with E-state index in [0.29, 0.717) is 23.1 Å². The maximum atomic E-state index is 12.3. The van der Waals surface area contributed by atoms with Crippen molar-refractivity contribution >= 4 is 41.0 Å². The van der Waals surface area contributed by atoms with Crippen molar-refractivity contribution in [3.63, 3.8) is 0 Å². The molecule has 1 aliphatic rings. The first kappa shape index (κ1) is 24.3. The second-order valence-electron chi connectivity index (χ2n) is 7.82. The number of rotatable bonds is 10. The highest BCUT2D eigenvalue weighted by Gasteiger charge is 2.26. The van der Waals surface area contributed by atoms with Crippen LogP contribution < -0.4 is 15.5 Å². The van der Waals surface area contributed by atoms with Crippen LogP contribution in [0.3, 0.4) is 0 Å². The van der Waals surface area contributed by atoms with Gasteiger partial charge in [-0.25, -0.2) is 0 Å². The molecule has 2 aromatic rings. The lowest BCUT2D eigenvalue weighted by Crippen LogP contribution is -2.43. The van der Waals surface area contributed by atoms with E-state index in [-0.39, 0.29) is 23.5 Å². The summed E-state index contributed by atoms with van der Waals surface area (Å²) in [6.45, 7) is 4.87. The Balaban J connectivity index is 1.40. The van der Waals surface area contributed by atoms with Gasteiger partial charge in [-0.2, -0.15) is 0 Å². The Labute approximate surface area is 198 Å². The summed E-state index contributed by atoms with van der Waals surface area (Å²) in [5.41, 5.74) is 1.13. The van der Waals surface area contributed by atoms with E-state index in [2.05, 4.69) is 25.7 Å². The van der Waals surface area contributed by atoms with Gasteiger partial charge in [0.1, 0.15) is 5.03 Å². The van der Waals surface area contributed by atoms with Gasteiger partial charge in [0.25, 0.3) is 0 Å². The van der Waals surface area contributed by atoms with Gasteiger partial charge < -0.3 is 15.5 Å². The van der Waals surface area contributed by atoms with Crippen molar-refractivity contribution in [2.24, 2.45) is 5.92 Å². The third-order valence-corrected chi connectivity index (χ3v) is 6.46. The molecule has 2 heterocycles. The molecule has 2 N–H and O–H groups in total. The van der Waals surface area contributed by atoms with Gasteiger partial charge >= 0.3 is 0 Å². The monoisotopic (exact) mass is 475 g/mol. The molecule has 0 aliphatic carbocycles. The smallest absolute Gasteiger partial charge is 0.230 e. The second-order valence-corrected chi connectivity index (χ2v) is 9.25. The van der Waals surface area contributed by atoms with Gasteiger partial charge in [0.2, 0.25) is 11.8 Å². The van der Waals surface area contributed by atoms with Crippen LogP contribution in [-0.2, 0) is 16.0 Å². The SMILES string of the molecule is CCCNC(=O)C1CCCN(c2ccc(SCC(=O)NCCc3ccc(Cl)cc3)nn2)C1. The van der Waals surface area contributed by atoms with Gasteiger partial charge in [0.05, 0.1) is 11.7 Å². The highest BCUT2D eigenvalue weighted by molar-refractivity contribution is 7.99. The Kier molecular flexibility index (Phi) is 9.62. The number of piperidine rings is 1. The molecule has 0 spiro atoms. The zero-order valence-electron chi connectivity index (χ0n) is 18.3. The summed E-state index contributed by atoms with van der Waals surface area (Å²) in [7, 11) is 0. The van der Waals surface area contributed by atoms with E-state index in [9.17, 15) is 9.59 Å². The highest BCUT2D eigenvalue weighted by Crippen LogP contribution is 2.23. The lowest BCUT2D eigenvalue weighted by Gasteiger charge is -2.32. The van der Waals surface area contributed by atoms with Crippen LogP contribution in [0.5, 0.6) is 0 Å². The van der Waals surface area contributed by atoms with E-state index in [1.54, 1.807) is 0 Å². The third kappa shape index (κ3) is 7.67. The number of benzene rings is 1. The minimum absolute atomic E-state index is 0.0114. The molecule has 1 aromatic heterocycles. The van der Waals surface area contributed by atoms with E-state index < -0.39 is 0 Å². The number of hydrogen-bond donors (Lipinski definition) is 2. The Hall–Kier alpha value is -2.32. The van der Waals surface area contributed by atoms with Gasteiger partial charge in [-0.1, -0.05) is 42.4 Å². The number of carbonyl (C=O) groups is 2. The van der Waals surface area contributed by atoms with Crippen molar-refractivity contribution in [2.75, 3.05) is 36.8 Å². The lowest BCUT2D eigenvalue weighted by atomic mass is 9.97. The maximum Gasteiger partial charge on any atom is 0.230 e. The summed E-state index contributed by atoms with van der Waals surface area (Å²) >= 11 is 7.24. The summed E-state index contributed by atoms with van der Waals surface area (Å²) in [5, 5.41) is 15.9. The number of carbonyl (C=O) groups excluding carboxylic acids is 2. The average molecular weight is 476 g/mol. The fourth-order valence-corrected chi connectivity index (χ4v) is 4.31. The molecular formula is C23H30ClN5O2S. The molecule has 3 rings (SSSR count). The Bertz CT molecular complexity index is 879. The molecule has 0 bridgehead atoms. The van der Waals surface area contributed by atoms with Crippen LogP contribution in [0.1, 0.15) is 31.7 Å². The van der Waals surface area contributed by atoms with Crippen molar-refractivity contribution < 1.29 is 9.59 Å². The molecule has 0 saturated carbocycles. The molecule has 1 fully saturated rings. The number of anilines is 1. The number of nitrogens with one attached hydrogen (secondary N) is 2. The van der Waals surface area contributed by atoms with Gasteiger partial charge in [0.15, 0.2) is 5.82 Å². The molecule has 172 valence electrons. The number of halogens is 1. The summed E-state index contributed by atoms with van der Waals surface area (Å²) in [4.78, 5) is 26.5. The van der Waals surface area contributed by atoms with Crippen molar-refractivity contribution in [3.8, 4) is 0 Å². The van der Waals surface area contributed by atoms with E-state index in [1.165, 1.54) is 11.8 Å². The zero-order valence-corrected chi connectivity index (χ0v) is 19.9. The first-order valence-corrected chi connectivity index (χ1v) is 12.4. The van der Waals surface area contributed by atoms with E-state index >= 15 is 0 Å². The number of aromatic nitrogens is 2. The number of amides is 2. The van der Waals surface area contributed by atoms with Gasteiger partial charge in [-0.15, -0.1) is 10.2 Å². The second kappa shape index (κ2) is 12.6. The molecule has 1 atom stereocenters. The average Bonchev–Trinajstić information content (AvgIpc) is 2.83. The molecule has 0 radical (unpaired) electrons. The van der Waals surface area contributed by atoms with E-state index in [4.69, 9.17) is 11.6 Å². The fourth-order valence-electron chi connectivity index (χ4n) is 3.54. The van der Waals surface area contributed by atoms with E-state index in [0.717, 1.165) is 50.2 Å². The summed E-state index contributed by atoms with van der Waals surface area (Å²) in [6, 6.07) is 11.4. The van der Waals surface area contributed by atoms with Crippen molar-refractivity contribution in [3.05, 3.63) is 47.0 Å². The van der Waals surface area contributed by atoms with E-state index in [1.807, 2.05) is 43.3 Å². The lowest BCUT2D eigenvalue weighted by molar-refractivity contribution is -0.125. The molecule has 1 saturated heterocycles. The zero-order chi connectivity index (χ0) is 22.8. The molecule has 2 amide bonds. The minimum Gasteiger partial charge on any atom is -0.356 e. The molecular weight excluding hydrogens is 446 g/mol. The van der Waals surface area contributed by atoms with Crippen LogP contribution >= 0.6 is 23.4 Å². The van der Waals surface area contributed by atoms with Crippen LogP contribution in [0, 0.1) is 5.92 Å². The van der Waals surface area contributed by atoms with Crippen molar-refractivity contribution in [1.82, 2.24) is 20.8 Å². The fraction of sp³-hybridized carbons (Fsp3) is 0.478. The highest BCUT2D eigenvalue weighted by atomic mass is 35.5. The normalized spacial score (nSPS) is 15.9. The minimum atomic E-state index is -0.0354. The molecule has 7 nitrogen and oxygen atoms in total. The molecule has 1 aromatic carbocycles. The standard InChI is InChI=1S/C23H30ClN5O2S/c1-2-12-26-23(31)18-4-3-14-29(15-18)20-9-10-22(28-27-20)32-16-21(30)25-13-11-17-5-7-19(24)8-6-17/h5-10,18H,2-4,11-16H2,1H3,(H,25,30)(H,26,31). The molecule has 1 unspecified atom stereocenters. The molecule has 1 aliphatic heterocycles. The van der Waals surface area contributed by atoms with Crippen LogP contribution in [-0.4, -0.2) is 53.9 Å². The summed E-state index contributed by atoms with van der Waals surface area (Å²) in [5.74, 6) is 1.14. The van der Waals surface area contributed by atoms with Crippen molar-refractivity contribution in [2.45, 2.75) is 37.6 Å². The number of hydrogen-bond acceptors (Lipinski definition) is 6. The predicted octanol–water partition coefficient (Wildman–Crippen LogP) is 3.32. The Morgan fingerprint density at radius 2 is 1.94 bits per heavy atom. The topological polar surface area (TPSA) is 87.2 Å². The molecule has 9 heteroatoms. The quantitative estimate of drug-likeness (QED) is 0.512. The van der Waals surface area contributed by atoms with Gasteiger partial charge in [-0.05, 0) is 55.5 Å². The predicted molar refractivity (Wildman–Crippen MR) is 129 cm³/mol. The summed E-state index contributed by atoms with van der Waals surface area (Å²) in [6.07, 6.45) is 3.56. The van der Waals surface area contributed by atoms with Crippen LogP contribution in [0.25, 0.3) is 0 Å². The van der Waals surface area contributed by atoms with Crippen LogP contribution in [0.4, 0.5) is 5.82 Å². The van der Waals surface area contributed by atoms with Gasteiger partial charge in [-0.3, -0.25) is 9.59 Å². The van der Waals surface area contributed by atoms with Gasteiger partial charge in [0, 0.05) is 31.2 Å². The number of nitrogens with zero attached hydrogens (tertiary/aromatic N) is 3.